The second-order valence-electron chi connectivity index (χ2n) is 8.96. The molecule has 4 nitrogen and oxygen atoms in total. The number of carbonyl (C=O) groups is 1. The molecule has 1 saturated heterocycles. The molecule has 0 spiro atoms. The van der Waals surface area contributed by atoms with Gasteiger partial charge in [-0.25, -0.2) is 0 Å². The molecule has 1 aromatic heterocycles. The van der Waals surface area contributed by atoms with Crippen molar-refractivity contribution in [3.8, 4) is 0 Å². The Morgan fingerprint density at radius 1 is 0.794 bits per heavy atom. The smallest absolute Gasteiger partial charge is 0.256 e. The van der Waals surface area contributed by atoms with Gasteiger partial charge in [-0.1, -0.05) is 84.9 Å². The van der Waals surface area contributed by atoms with Crippen LogP contribution >= 0.6 is 12.2 Å². The van der Waals surface area contributed by atoms with E-state index >= 15 is 0 Å². The van der Waals surface area contributed by atoms with Gasteiger partial charge in [0.25, 0.3) is 5.91 Å². The summed E-state index contributed by atoms with van der Waals surface area (Å²) in [6.07, 6.45) is 0.628. The lowest BCUT2D eigenvalue weighted by Crippen LogP contribution is -2.44. The lowest BCUT2D eigenvalue weighted by Gasteiger charge is -2.37. The van der Waals surface area contributed by atoms with Gasteiger partial charge >= 0.3 is 0 Å². The third-order valence-corrected chi connectivity index (χ3v) is 7.57. The Bertz CT molecular complexity index is 1600. The molecule has 0 saturated carbocycles. The first-order valence-electron chi connectivity index (χ1n) is 11.5. The van der Waals surface area contributed by atoms with Crippen LogP contribution in [0, 0.1) is 0 Å². The van der Waals surface area contributed by atoms with E-state index in [1.54, 1.807) is 4.90 Å². The van der Waals surface area contributed by atoms with Gasteiger partial charge in [0.1, 0.15) is 6.04 Å². The van der Waals surface area contributed by atoms with Crippen LogP contribution < -0.4 is 4.90 Å². The summed E-state index contributed by atoms with van der Waals surface area (Å²) in [5.41, 5.74) is 5.40. The van der Waals surface area contributed by atoms with E-state index in [1.165, 1.54) is 10.9 Å². The molecule has 0 bridgehead atoms. The number of hydrogen-bond donors (Lipinski definition) is 1. The molecule has 2 atom stereocenters. The Balaban J connectivity index is 1.44. The zero-order valence-electron chi connectivity index (χ0n) is 18.3. The van der Waals surface area contributed by atoms with Gasteiger partial charge in [0.15, 0.2) is 5.11 Å². The van der Waals surface area contributed by atoms with Crippen molar-refractivity contribution >= 4 is 50.6 Å². The lowest BCUT2D eigenvalue weighted by molar-refractivity contribution is -0.120. The molecule has 7 rings (SSSR count). The number of aromatic amines is 1. The van der Waals surface area contributed by atoms with Gasteiger partial charge in [0.2, 0.25) is 0 Å². The van der Waals surface area contributed by atoms with Crippen LogP contribution in [0.3, 0.4) is 0 Å². The highest BCUT2D eigenvalue weighted by atomic mass is 32.1. The largest absolute Gasteiger partial charge is 0.356 e. The number of aromatic nitrogens is 1. The molecule has 0 radical (unpaired) electrons. The van der Waals surface area contributed by atoms with Crippen molar-refractivity contribution in [2.75, 3.05) is 4.90 Å². The zero-order chi connectivity index (χ0) is 22.8. The van der Waals surface area contributed by atoms with E-state index < -0.39 is 0 Å². The Kier molecular flexibility index (Phi) is 4.17. The number of nitrogens with one attached hydrogen (secondary N) is 1. The van der Waals surface area contributed by atoms with E-state index in [9.17, 15) is 4.79 Å². The first-order chi connectivity index (χ1) is 16.7. The summed E-state index contributed by atoms with van der Waals surface area (Å²) in [5.74, 6) is 0.0400. The summed E-state index contributed by atoms with van der Waals surface area (Å²) in [7, 11) is 0. The highest BCUT2D eigenvalue weighted by Gasteiger charge is 2.51. The summed E-state index contributed by atoms with van der Waals surface area (Å²) in [5, 5.41) is 3.86. The molecule has 0 aliphatic carbocycles. The maximum absolute atomic E-state index is 14.0. The van der Waals surface area contributed by atoms with E-state index in [1.807, 2.05) is 48.5 Å². The van der Waals surface area contributed by atoms with Crippen LogP contribution in [0.1, 0.15) is 22.9 Å². The highest BCUT2D eigenvalue weighted by Crippen LogP contribution is 2.45. The minimum atomic E-state index is -0.344. The molecule has 1 N–H and O–H groups in total. The Labute approximate surface area is 202 Å². The van der Waals surface area contributed by atoms with Crippen LogP contribution in [0.15, 0.2) is 97.1 Å². The second kappa shape index (κ2) is 7.27. The number of anilines is 1. The summed E-state index contributed by atoms with van der Waals surface area (Å²) in [4.78, 5) is 21.6. The lowest BCUT2D eigenvalue weighted by atomic mass is 9.89. The fourth-order valence-corrected chi connectivity index (χ4v) is 6.10. The van der Waals surface area contributed by atoms with E-state index in [0.29, 0.717) is 11.5 Å². The Morgan fingerprint density at radius 3 is 2.35 bits per heavy atom. The molecule has 34 heavy (non-hydrogen) atoms. The van der Waals surface area contributed by atoms with Crippen molar-refractivity contribution in [2.45, 2.75) is 18.5 Å². The average Bonchev–Trinajstić information content (AvgIpc) is 3.37. The van der Waals surface area contributed by atoms with Gasteiger partial charge < -0.3 is 9.88 Å². The number of hydrogen-bond acceptors (Lipinski definition) is 2. The van der Waals surface area contributed by atoms with Crippen LogP contribution in [-0.4, -0.2) is 26.9 Å². The van der Waals surface area contributed by atoms with Gasteiger partial charge in [-0.05, 0) is 40.9 Å². The second-order valence-corrected chi connectivity index (χ2v) is 9.32. The number of fused-ring (bicyclic) bond motifs is 5. The number of para-hydroxylation sites is 1. The molecule has 4 aromatic carbocycles. The normalized spacial score (nSPS) is 19.6. The van der Waals surface area contributed by atoms with Crippen LogP contribution in [0.5, 0.6) is 0 Å². The molecular weight excluding hydrogens is 438 g/mol. The predicted octanol–water partition coefficient (Wildman–Crippen LogP) is 5.97. The molecule has 3 heterocycles. The molecule has 5 heteroatoms. The molecular formula is C29H21N3OS. The molecule has 2 aliphatic heterocycles. The first-order valence-corrected chi connectivity index (χ1v) is 11.9. The van der Waals surface area contributed by atoms with E-state index in [0.717, 1.165) is 33.2 Å². The van der Waals surface area contributed by atoms with Crippen LogP contribution in [0.4, 0.5) is 5.69 Å². The van der Waals surface area contributed by atoms with Gasteiger partial charge in [-0.15, -0.1) is 0 Å². The molecule has 2 aliphatic rings. The zero-order valence-corrected chi connectivity index (χ0v) is 19.1. The molecule has 5 aromatic rings. The minimum absolute atomic E-state index is 0.0400. The van der Waals surface area contributed by atoms with Crippen molar-refractivity contribution in [1.29, 1.82) is 0 Å². The minimum Gasteiger partial charge on any atom is -0.356 e. The SMILES string of the molecule is O=C1C2Cc3c([nH]c4ccccc34)C(c3ccccc3)N2C(=S)N1c1cccc2ccccc12. The molecule has 1 fully saturated rings. The molecule has 2 unspecified atom stereocenters. The van der Waals surface area contributed by atoms with Crippen molar-refractivity contribution in [3.63, 3.8) is 0 Å². The number of carbonyl (C=O) groups excluding carboxylic acids is 1. The van der Waals surface area contributed by atoms with E-state index in [-0.39, 0.29) is 18.0 Å². The standard InChI is InChI=1S/C29H21N3OS/c33-28-25-17-22-21-14-6-7-15-23(21)30-26(22)27(19-10-2-1-3-11-19)31(25)29(34)32(28)24-16-8-12-18-9-4-5-13-20(18)24/h1-16,25,27,30H,17H2. The number of benzene rings is 4. The van der Waals surface area contributed by atoms with Crippen molar-refractivity contribution in [3.05, 3.63) is 114 Å². The highest BCUT2D eigenvalue weighted by molar-refractivity contribution is 7.80. The molecule has 164 valence electrons. The summed E-state index contributed by atoms with van der Waals surface area (Å²) in [6, 6.07) is 32.4. The fourth-order valence-electron chi connectivity index (χ4n) is 5.68. The number of amides is 1. The number of thiocarbonyl (C=S) groups is 1. The molecule has 1 amide bonds. The van der Waals surface area contributed by atoms with Gasteiger partial charge in [-0.2, -0.15) is 0 Å². The van der Waals surface area contributed by atoms with Crippen molar-refractivity contribution < 1.29 is 4.79 Å². The first kappa shape index (κ1) is 19.5. The van der Waals surface area contributed by atoms with E-state index in [2.05, 4.69) is 58.4 Å². The fraction of sp³-hybridized carbons (Fsp3) is 0.103. The number of nitrogens with zero attached hydrogens (tertiary/aromatic N) is 2. The van der Waals surface area contributed by atoms with Crippen LogP contribution in [0.25, 0.3) is 21.7 Å². The van der Waals surface area contributed by atoms with Crippen molar-refractivity contribution in [1.82, 2.24) is 9.88 Å². The van der Waals surface area contributed by atoms with Gasteiger partial charge in [-0.3, -0.25) is 9.69 Å². The quantitative estimate of drug-likeness (QED) is 0.331. The van der Waals surface area contributed by atoms with E-state index in [4.69, 9.17) is 12.2 Å². The Hall–Kier alpha value is -3.96. The maximum Gasteiger partial charge on any atom is 0.256 e. The summed E-state index contributed by atoms with van der Waals surface area (Å²) in [6.45, 7) is 0. The Morgan fingerprint density at radius 2 is 1.50 bits per heavy atom. The predicted molar refractivity (Wildman–Crippen MR) is 140 cm³/mol. The summed E-state index contributed by atoms with van der Waals surface area (Å²) >= 11 is 6.06. The van der Waals surface area contributed by atoms with Gasteiger partial charge in [0, 0.05) is 28.4 Å². The van der Waals surface area contributed by atoms with Crippen LogP contribution in [-0.2, 0) is 11.2 Å². The third kappa shape index (κ3) is 2.65. The summed E-state index contributed by atoms with van der Waals surface area (Å²) < 4.78 is 0. The van der Waals surface area contributed by atoms with Crippen LogP contribution in [0.2, 0.25) is 0 Å². The number of H-pyrrole nitrogens is 1. The number of rotatable bonds is 2. The monoisotopic (exact) mass is 459 g/mol. The van der Waals surface area contributed by atoms with Crippen molar-refractivity contribution in [2.24, 2.45) is 0 Å². The topological polar surface area (TPSA) is 39.3 Å². The third-order valence-electron chi connectivity index (χ3n) is 7.17. The maximum atomic E-state index is 14.0. The average molecular weight is 460 g/mol. The van der Waals surface area contributed by atoms with Gasteiger partial charge in [0.05, 0.1) is 11.7 Å².